The van der Waals surface area contributed by atoms with Crippen molar-refractivity contribution in [3.63, 3.8) is 0 Å². The average molecular weight is 316 g/mol. The molecule has 1 unspecified atom stereocenters. The second-order valence-corrected chi connectivity index (χ2v) is 5.88. The Hall–Kier alpha value is -2.00. The molecule has 3 rings (SSSR count). The summed E-state index contributed by atoms with van der Waals surface area (Å²) < 4.78 is 5.30. The highest BCUT2D eigenvalue weighted by Gasteiger charge is 2.29. The molecule has 4 heteroatoms. The fourth-order valence-electron chi connectivity index (χ4n) is 2.99. The Labute approximate surface area is 135 Å². The third-order valence-electron chi connectivity index (χ3n) is 4.26. The van der Waals surface area contributed by atoms with Crippen molar-refractivity contribution in [3.8, 4) is 5.75 Å². The summed E-state index contributed by atoms with van der Waals surface area (Å²) in [5.74, 6) is 0.796. The lowest BCUT2D eigenvalue weighted by molar-refractivity contribution is 0.0677. The van der Waals surface area contributed by atoms with Gasteiger partial charge in [0, 0.05) is 6.54 Å². The average Bonchev–Trinajstić information content (AvgIpc) is 2.55. The molecule has 1 heterocycles. The summed E-state index contributed by atoms with van der Waals surface area (Å²) in [6.45, 7) is 2.75. The molecule has 22 heavy (non-hydrogen) atoms. The van der Waals surface area contributed by atoms with Crippen molar-refractivity contribution in [3.05, 3.63) is 64.2 Å². The Morgan fingerprint density at radius 1 is 1.27 bits per heavy atom. The first kappa shape index (κ1) is 14.9. The van der Waals surface area contributed by atoms with Crippen molar-refractivity contribution >= 4 is 17.5 Å². The van der Waals surface area contributed by atoms with E-state index in [0.29, 0.717) is 17.1 Å². The minimum Gasteiger partial charge on any atom is -0.497 e. The zero-order valence-electron chi connectivity index (χ0n) is 12.7. The van der Waals surface area contributed by atoms with Crippen molar-refractivity contribution in [2.24, 2.45) is 0 Å². The highest BCUT2D eigenvalue weighted by atomic mass is 35.5. The third kappa shape index (κ3) is 2.57. The van der Waals surface area contributed by atoms with Crippen LogP contribution in [0.1, 0.15) is 34.5 Å². The minimum absolute atomic E-state index is 0.00243. The Morgan fingerprint density at radius 3 is 2.77 bits per heavy atom. The number of carbonyl (C=O) groups excluding carboxylic acids is 1. The first-order valence-electron chi connectivity index (χ1n) is 7.34. The van der Waals surface area contributed by atoms with Gasteiger partial charge in [0.25, 0.3) is 5.91 Å². The van der Waals surface area contributed by atoms with Crippen LogP contribution in [0.2, 0.25) is 5.02 Å². The largest absolute Gasteiger partial charge is 0.497 e. The maximum absolute atomic E-state index is 12.8. The molecule has 1 atom stereocenters. The zero-order valence-corrected chi connectivity index (χ0v) is 13.4. The number of amides is 1. The SMILES string of the molecule is COc1ccc2c(c1)C(C)N(C(=O)c1ccccc1Cl)CC2. The second kappa shape index (κ2) is 6.01. The van der Waals surface area contributed by atoms with Crippen LogP contribution in [0, 0.1) is 0 Å². The Morgan fingerprint density at radius 2 is 2.05 bits per heavy atom. The van der Waals surface area contributed by atoms with Gasteiger partial charge in [-0.05, 0) is 48.7 Å². The van der Waals surface area contributed by atoms with Crippen LogP contribution in [0.5, 0.6) is 5.75 Å². The number of halogens is 1. The number of ether oxygens (including phenoxy) is 1. The molecule has 0 spiro atoms. The molecule has 1 aliphatic heterocycles. The van der Waals surface area contributed by atoms with E-state index in [1.807, 2.05) is 36.1 Å². The van der Waals surface area contributed by atoms with Gasteiger partial charge in [-0.15, -0.1) is 0 Å². The van der Waals surface area contributed by atoms with Gasteiger partial charge in [0.2, 0.25) is 0 Å². The number of fused-ring (bicyclic) bond motifs is 1. The molecule has 0 aromatic heterocycles. The number of benzene rings is 2. The number of nitrogens with zero attached hydrogens (tertiary/aromatic N) is 1. The van der Waals surface area contributed by atoms with Crippen molar-refractivity contribution in [1.29, 1.82) is 0 Å². The van der Waals surface area contributed by atoms with Crippen LogP contribution < -0.4 is 4.74 Å². The van der Waals surface area contributed by atoms with Gasteiger partial charge < -0.3 is 9.64 Å². The topological polar surface area (TPSA) is 29.5 Å². The third-order valence-corrected chi connectivity index (χ3v) is 4.59. The molecule has 0 aliphatic carbocycles. The lowest BCUT2D eigenvalue weighted by atomic mass is 9.92. The van der Waals surface area contributed by atoms with Gasteiger partial charge >= 0.3 is 0 Å². The molecule has 0 radical (unpaired) electrons. The Balaban J connectivity index is 1.94. The summed E-state index contributed by atoms with van der Waals surface area (Å²) in [4.78, 5) is 14.7. The molecule has 0 saturated carbocycles. The summed E-state index contributed by atoms with van der Waals surface area (Å²) in [5, 5.41) is 0.496. The molecule has 0 bridgehead atoms. The van der Waals surface area contributed by atoms with Crippen LogP contribution in [0.4, 0.5) is 0 Å². The summed E-state index contributed by atoms with van der Waals surface area (Å²) >= 11 is 6.17. The van der Waals surface area contributed by atoms with E-state index in [4.69, 9.17) is 16.3 Å². The number of hydrogen-bond acceptors (Lipinski definition) is 2. The van der Waals surface area contributed by atoms with E-state index in [0.717, 1.165) is 17.7 Å². The van der Waals surface area contributed by atoms with Gasteiger partial charge in [-0.1, -0.05) is 29.8 Å². The summed E-state index contributed by atoms with van der Waals surface area (Å²) in [6.07, 6.45) is 0.847. The lowest BCUT2D eigenvalue weighted by Gasteiger charge is -2.35. The van der Waals surface area contributed by atoms with Crippen molar-refractivity contribution < 1.29 is 9.53 Å². The molecule has 0 fully saturated rings. The number of rotatable bonds is 2. The van der Waals surface area contributed by atoms with Gasteiger partial charge in [-0.25, -0.2) is 0 Å². The van der Waals surface area contributed by atoms with E-state index < -0.39 is 0 Å². The van der Waals surface area contributed by atoms with E-state index in [-0.39, 0.29) is 11.9 Å². The van der Waals surface area contributed by atoms with Crippen LogP contribution in [0.15, 0.2) is 42.5 Å². The number of carbonyl (C=O) groups is 1. The van der Waals surface area contributed by atoms with Gasteiger partial charge in [-0.2, -0.15) is 0 Å². The first-order valence-corrected chi connectivity index (χ1v) is 7.72. The van der Waals surface area contributed by atoms with Crippen LogP contribution >= 0.6 is 11.6 Å². The van der Waals surface area contributed by atoms with Gasteiger partial charge in [0.1, 0.15) is 5.75 Å². The highest BCUT2D eigenvalue weighted by Crippen LogP contribution is 2.33. The smallest absolute Gasteiger partial charge is 0.255 e. The van der Waals surface area contributed by atoms with E-state index in [1.165, 1.54) is 5.56 Å². The van der Waals surface area contributed by atoms with E-state index in [9.17, 15) is 4.79 Å². The Bertz CT molecular complexity index is 714. The van der Waals surface area contributed by atoms with Crippen LogP contribution in [-0.4, -0.2) is 24.5 Å². The van der Waals surface area contributed by atoms with Crippen LogP contribution in [0.25, 0.3) is 0 Å². The van der Waals surface area contributed by atoms with Crippen LogP contribution in [0.3, 0.4) is 0 Å². The maximum Gasteiger partial charge on any atom is 0.255 e. The standard InChI is InChI=1S/C18H18ClNO2/c1-12-16-11-14(22-2)8-7-13(16)9-10-20(12)18(21)15-5-3-4-6-17(15)19/h3-8,11-12H,9-10H2,1-2H3. The second-order valence-electron chi connectivity index (χ2n) is 5.47. The van der Waals surface area contributed by atoms with E-state index in [2.05, 4.69) is 6.07 Å². The predicted molar refractivity (Wildman–Crippen MR) is 87.6 cm³/mol. The van der Waals surface area contributed by atoms with Gasteiger partial charge in [0.15, 0.2) is 0 Å². The van der Waals surface area contributed by atoms with Crippen molar-refractivity contribution in [2.75, 3.05) is 13.7 Å². The molecular formula is C18H18ClNO2. The minimum atomic E-state index is -0.0217. The fourth-order valence-corrected chi connectivity index (χ4v) is 3.20. The van der Waals surface area contributed by atoms with Gasteiger partial charge in [0.05, 0.1) is 23.7 Å². The van der Waals surface area contributed by atoms with Gasteiger partial charge in [-0.3, -0.25) is 4.79 Å². The predicted octanol–water partition coefficient (Wildman–Crippen LogP) is 4.11. The normalized spacial score (nSPS) is 17.0. The molecule has 2 aromatic carbocycles. The van der Waals surface area contributed by atoms with E-state index in [1.54, 1.807) is 19.2 Å². The molecule has 0 N–H and O–H groups in total. The summed E-state index contributed by atoms with van der Waals surface area (Å²) in [7, 11) is 1.65. The fraction of sp³-hybridized carbons (Fsp3) is 0.278. The molecular weight excluding hydrogens is 298 g/mol. The molecule has 1 amide bonds. The highest BCUT2D eigenvalue weighted by molar-refractivity contribution is 6.33. The molecule has 3 nitrogen and oxygen atoms in total. The van der Waals surface area contributed by atoms with Crippen molar-refractivity contribution in [2.45, 2.75) is 19.4 Å². The molecule has 0 saturated heterocycles. The molecule has 114 valence electrons. The summed E-state index contributed by atoms with van der Waals surface area (Å²) in [5.41, 5.74) is 2.98. The summed E-state index contributed by atoms with van der Waals surface area (Å²) in [6, 6.07) is 13.3. The van der Waals surface area contributed by atoms with Crippen LogP contribution in [-0.2, 0) is 6.42 Å². The quantitative estimate of drug-likeness (QED) is 0.834. The maximum atomic E-state index is 12.8. The zero-order chi connectivity index (χ0) is 15.7. The lowest BCUT2D eigenvalue weighted by Crippen LogP contribution is -2.39. The van der Waals surface area contributed by atoms with E-state index >= 15 is 0 Å². The Kier molecular flexibility index (Phi) is 4.08. The number of hydrogen-bond donors (Lipinski definition) is 0. The van der Waals surface area contributed by atoms with Crippen molar-refractivity contribution in [1.82, 2.24) is 4.90 Å². The molecule has 1 aliphatic rings. The monoisotopic (exact) mass is 315 g/mol. The first-order chi connectivity index (χ1) is 10.6. The molecule has 2 aromatic rings. The number of methoxy groups -OCH3 is 1.